The largest absolute Gasteiger partial charge is 0.323 e. The van der Waals surface area contributed by atoms with Crippen LogP contribution in [0.5, 0.6) is 0 Å². The third-order valence-corrected chi connectivity index (χ3v) is 5.79. The number of thioether (sulfide) groups is 1. The number of hydrogen-bond acceptors (Lipinski definition) is 3. The molecule has 2 aliphatic heterocycles. The van der Waals surface area contributed by atoms with Crippen molar-refractivity contribution >= 4 is 35.1 Å². The topological polar surface area (TPSA) is 52.7 Å². The Bertz CT molecular complexity index is 590. The number of carbonyl (C=O) groups excluding carboxylic acids is 2. The van der Waals surface area contributed by atoms with Gasteiger partial charge in [0.05, 0.1) is 0 Å². The molecular weight excluding hydrogens is 322 g/mol. The molecule has 2 saturated heterocycles. The number of carbonyl (C=O) groups is 2. The fourth-order valence-electron chi connectivity index (χ4n) is 3.17. The third kappa shape index (κ3) is 4.04. The van der Waals surface area contributed by atoms with Crippen LogP contribution < -0.4 is 10.2 Å². The molecule has 0 bridgehead atoms. The zero-order valence-corrected chi connectivity index (χ0v) is 15.0. The van der Waals surface area contributed by atoms with Crippen LogP contribution in [0.2, 0.25) is 0 Å². The number of nitrogens with zero attached hydrogens (tertiary/aromatic N) is 2. The van der Waals surface area contributed by atoms with Crippen molar-refractivity contribution in [2.75, 3.05) is 35.6 Å². The van der Waals surface area contributed by atoms with Crippen molar-refractivity contribution in [2.24, 2.45) is 0 Å². The van der Waals surface area contributed by atoms with Gasteiger partial charge in [0.1, 0.15) is 0 Å². The minimum atomic E-state index is -0.0219. The Morgan fingerprint density at radius 1 is 1.25 bits per heavy atom. The number of benzene rings is 1. The van der Waals surface area contributed by atoms with Crippen LogP contribution in [0, 0.1) is 0 Å². The summed E-state index contributed by atoms with van der Waals surface area (Å²) in [7, 11) is 0. The molecule has 0 aliphatic carbocycles. The van der Waals surface area contributed by atoms with E-state index < -0.39 is 0 Å². The van der Waals surface area contributed by atoms with Crippen LogP contribution in [0.3, 0.4) is 0 Å². The van der Waals surface area contributed by atoms with Crippen LogP contribution in [-0.4, -0.2) is 47.5 Å². The molecule has 2 fully saturated rings. The van der Waals surface area contributed by atoms with Crippen molar-refractivity contribution in [3.05, 3.63) is 24.3 Å². The molecule has 1 aromatic carbocycles. The standard InChI is InChI=1S/C18H25N3O2S/c1-2-24-16-5-3-4-11-20(13-16)18(23)19-14-6-8-15(9-7-14)21-12-10-17(21)22/h6-9,16H,2-5,10-13H2,1H3,(H,19,23)/t16-/m1/s1. The van der Waals surface area contributed by atoms with E-state index in [4.69, 9.17) is 0 Å². The van der Waals surface area contributed by atoms with Crippen LogP contribution in [0.25, 0.3) is 0 Å². The highest BCUT2D eigenvalue weighted by molar-refractivity contribution is 7.99. The van der Waals surface area contributed by atoms with E-state index in [0.29, 0.717) is 11.7 Å². The van der Waals surface area contributed by atoms with Crippen molar-refractivity contribution in [1.29, 1.82) is 0 Å². The van der Waals surface area contributed by atoms with Gasteiger partial charge in [-0.05, 0) is 42.9 Å². The van der Waals surface area contributed by atoms with E-state index in [9.17, 15) is 9.59 Å². The number of nitrogens with one attached hydrogen (secondary N) is 1. The summed E-state index contributed by atoms with van der Waals surface area (Å²) in [6.07, 6.45) is 4.09. The van der Waals surface area contributed by atoms with E-state index in [0.717, 1.165) is 43.2 Å². The Morgan fingerprint density at radius 3 is 2.67 bits per heavy atom. The summed E-state index contributed by atoms with van der Waals surface area (Å²) in [5.41, 5.74) is 1.68. The minimum Gasteiger partial charge on any atom is -0.323 e. The van der Waals surface area contributed by atoms with Gasteiger partial charge in [0.15, 0.2) is 0 Å². The Kier molecular flexibility index (Phi) is 5.66. The molecule has 0 saturated carbocycles. The second-order valence-electron chi connectivity index (χ2n) is 6.29. The first kappa shape index (κ1) is 17.1. The average Bonchev–Trinajstić information content (AvgIpc) is 2.81. The quantitative estimate of drug-likeness (QED) is 0.847. The predicted octanol–water partition coefficient (Wildman–Crippen LogP) is 3.56. The average molecular weight is 347 g/mol. The van der Waals surface area contributed by atoms with Crippen LogP contribution >= 0.6 is 11.8 Å². The maximum Gasteiger partial charge on any atom is 0.321 e. The van der Waals surface area contributed by atoms with E-state index >= 15 is 0 Å². The summed E-state index contributed by atoms with van der Waals surface area (Å²) in [5.74, 6) is 1.26. The summed E-state index contributed by atoms with van der Waals surface area (Å²) in [6.45, 7) is 4.61. The lowest BCUT2D eigenvalue weighted by molar-refractivity contribution is -0.122. The van der Waals surface area contributed by atoms with E-state index in [-0.39, 0.29) is 11.9 Å². The summed E-state index contributed by atoms with van der Waals surface area (Å²) >= 11 is 1.95. The van der Waals surface area contributed by atoms with Crippen LogP contribution in [0.4, 0.5) is 16.2 Å². The molecule has 3 rings (SSSR count). The Labute approximate surface area is 147 Å². The van der Waals surface area contributed by atoms with Crippen molar-refractivity contribution < 1.29 is 9.59 Å². The highest BCUT2D eigenvalue weighted by Crippen LogP contribution is 2.25. The van der Waals surface area contributed by atoms with E-state index in [1.54, 1.807) is 4.90 Å². The lowest BCUT2D eigenvalue weighted by Gasteiger charge is -2.30. The molecule has 0 radical (unpaired) electrons. The molecule has 0 spiro atoms. The van der Waals surface area contributed by atoms with Crippen molar-refractivity contribution in [2.45, 2.75) is 37.9 Å². The highest BCUT2D eigenvalue weighted by Gasteiger charge is 2.25. The first-order valence-electron chi connectivity index (χ1n) is 8.75. The van der Waals surface area contributed by atoms with Gasteiger partial charge in [-0.1, -0.05) is 13.3 Å². The van der Waals surface area contributed by atoms with Crippen molar-refractivity contribution in [3.8, 4) is 0 Å². The lowest BCUT2D eigenvalue weighted by atomic mass is 10.1. The fourth-order valence-corrected chi connectivity index (χ4v) is 4.26. The SMILES string of the molecule is CCS[C@@H]1CCCCN(C(=O)Nc2ccc(N3CCC3=O)cc2)C1. The van der Waals surface area contributed by atoms with Gasteiger partial charge < -0.3 is 15.1 Å². The molecule has 130 valence electrons. The van der Waals surface area contributed by atoms with Gasteiger partial charge in [0.2, 0.25) is 5.91 Å². The molecule has 0 aromatic heterocycles. The summed E-state index contributed by atoms with van der Waals surface area (Å²) in [5, 5.41) is 3.53. The van der Waals surface area contributed by atoms with Crippen molar-refractivity contribution in [3.63, 3.8) is 0 Å². The zero-order valence-electron chi connectivity index (χ0n) is 14.2. The second kappa shape index (κ2) is 7.92. The van der Waals surface area contributed by atoms with Gasteiger partial charge in [-0.2, -0.15) is 11.8 Å². The van der Waals surface area contributed by atoms with Gasteiger partial charge >= 0.3 is 6.03 Å². The smallest absolute Gasteiger partial charge is 0.321 e. The number of likely N-dealkylation sites (tertiary alicyclic amines) is 1. The van der Waals surface area contributed by atoms with Crippen molar-refractivity contribution in [1.82, 2.24) is 4.90 Å². The van der Waals surface area contributed by atoms with E-state index in [2.05, 4.69) is 12.2 Å². The highest BCUT2D eigenvalue weighted by atomic mass is 32.2. The number of hydrogen-bond donors (Lipinski definition) is 1. The summed E-state index contributed by atoms with van der Waals surface area (Å²) in [6, 6.07) is 7.51. The van der Waals surface area contributed by atoms with Crippen LogP contribution in [-0.2, 0) is 4.79 Å². The molecule has 0 unspecified atom stereocenters. The van der Waals surface area contributed by atoms with Crippen LogP contribution in [0.1, 0.15) is 32.6 Å². The van der Waals surface area contributed by atoms with Gasteiger partial charge in [-0.15, -0.1) is 0 Å². The zero-order chi connectivity index (χ0) is 16.9. The number of anilines is 2. The molecule has 1 N–H and O–H groups in total. The van der Waals surface area contributed by atoms with Gasteiger partial charge in [0.25, 0.3) is 0 Å². The Balaban J connectivity index is 1.58. The number of urea groups is 1. The lowest BCUT2D eigenvalue weighted by Crippen LogP contribution is -2.43. The predicted molar refractivity (Wildman–Crippen MR) is 99.8 cm³/mol. The molecule has 1 atom stereocenters. The maximum atomic E-state index is 12.5. The second-order valence-corrected chi connectivity index (χ2v) is 7.87. The third-order valence-electron chi connectivity index (χ3n) is 4.60. The number of β-lactam (4-membered cyclic amide) rings is 1. The normalized spacial score (nSPS) is 21.2. The molecule has 3 amide bonds. The fraction of sp³-hybridized carbons (Fsp3) is 0.556. The van der Waals surface area contributed by atoms with Gasteiger partial charge in [-0.3, -0.25) is 4.79 Å². The maximum absolute atomic E-state index is 12.5. The number of amides is 3. The number of rotatable bonds is 4. The van der Waals surface area contributed by atoms with E-state index in [1.807, 2.05) is 40.9 Å². The molecule has 1 aromatic rings. The van der Waals surface area contributed by atoms with Gasteiger partial charge in [-0.25, -0.2) is 4.79 Å². The molecule has 2 heterocycles. The molecule has 6 heteroatoms. The summed E-state index contributed by atoms with van der Waals surface area (Å²) < 4.78 is 0. The molecular formula is C18H25N3O2S. The first-order valence-corrected chi connectivity index (χ1v) is 9.80. The monoisotopic (exact) mass is 347 g/mol. The Hall–Kier alpha value is -1.69. The molecule has 24 heavy (non-hydrogen) atoms. The van der Waals surface area contributed by atoms with Gasteiger partial charge in [0, 0.05) is 42.7 Å². The minimum absolute atomic E-state index is 0.0219. The molecule has 5 nitrogen and oxygen atoms in total. The van der Waals surface area contributed by atoms with Crippen LogP contribution in [0.15, 0.2) is 24.3 Å². The Morgan fingerprint density at radius 2 is 2.04 bits per heavy atom. The molecule has 2 aliphatic rings. The summed E-state index contributed by atoms with van der Waals surface area (Å²) in [4.78, 5) is 27.7. The first-order chi connectivity index (χ1) is 11.7. The van der Waals surface area contributed by atoms with E-state index in [1.165, 1.54) is 12.8 Å².